The highest BCUT2D eigenvalue weighted by molar-refractivity contribution is 5.99. The van der Waals surface area contributed by atoms with E-state index in [4.69, 9.17) is 9.47 Å². The van der Waals surface area contributed by atoms with Crippen LogP contribution in [0.5, 0.6) is 0 Å². The molecule has 140 valence electrons. The van der Waals surface area contributed by atoms with Crippen molar-refractivity contribution in [3.05, 3.63) is 58.3 Å². The first-order valence-electron chi connectivity index (χ1n) is 8.85. The maximum Gasteiger partial charge on any atom is 0.339 e. The Morgan fingerprint density at radius 1 is 1.00 bits per heavy atom. The Hall–Kier alpha value is -2.56. The van der Waals surface area contributed by atoms with Gasteiger partial charge in [-0.05, 0) is 46.3 Å². The standard InChI is InChI=1S/C21H27NO4/c1-7-25-19(23)17-13-18(20(24)26-8-2)21(5,22(6)15(17)4)16-11-9-14(3)10-12-16/h9-13H,7-8H2,1-6H3/t21-/m0/s1. The van der Waals surface area contributed by atoms with Crippen molar-refractivity contribution in [2.24, 2.45) is 0 Å². The van der Waals surface area contributed by atoms with Gasteiger partial charge in [0.25, 0.3) is 0 Å². The molecule has 0 spiro atoms. The van der Waals surface area contributed by atoms with Gasteiger partial charge in [-0.1, -0.05) is 29.8 Å². The van der Waals surface area contributed by atoms with E-state index in [-0.39, 0.29) is 13.2 Å². The number of allylic oxidation sites excluding steroid dienone is 1. The fourth-order valence-electron chi connectivity index (χ4n) is 3.20. The van der Waals surface area contributed by atoms with E-state index in [1.54, 1.807) is 19.9 Å². The molecule has 1 atom stereocenters. The molecule has 0 saturated carbocycles. The number of rotatable bonds is 5. The number of esters is 2. The third kappa shape index (κ3) is 3.39. The number of carbonyl (C=O) groups excluding carboxylic acids is 2. The third-order valence-corrected chi connectivity index (χ3v) is 4.98. The molecule has 0 saturated heterocycles. The highest BCUT2D eigenvalue weighted by Crippen LogP contribution is 2.42. The van der Waals surface area contributed by atoms with Crippen molar-refractivity contribution >= 4 is 11.9 Å². The van der Waals surface area contributed by atoms with Crippen LogP contribution in [0.25, 0.3) is 0 Å². The molecule has 26 heavy (non-hydrogen) atoms. The Balaban J connectivity index is 2.64. The average molecular weight is 357 g/mol. The van der Waals surface area contributed by atoms with Crippen LogP contribution in [0.2, 0.25) is 0 Å². The Bertz CT molecular complexity index is 761. The SMILES string of the molecule is CCOC(=O)C1=CC(C(=O)OCC)=C(C)N(C)[C@@]1(C)c1ccc(C)cc1. The van der Waals surface area contributed by atoms with E-state index in [1.807, 2.05) is 57.0 Å². The van der Waals surface area contributed by atoms with Gasteiger partial charge >= 0.3 is 11.9 Å². The molecule has 0 radical (unpaired) electrons. The first-order valence-corrected chi connectivity index (χ1v) is 8.85. The Morgan fingerprint density at radius 2 is 1.54 bits per heavy atom. The summed E-state index contributed by atoms with van der Waals surface area (Å²) in [6, 6.07) is 8.03. The highest BCUT2D eigenvalue weighted by Gasteiger charge is 2.44. The van der Waals surface area contributed by atoms with Gasteiger partial charge in [-0.15, -0.1) is 0 Å². The molecule has 1 aliphatic rings. The van der Waals surface area contributed by atoms with Crippen molar-refractivity contribution in [2.75, 3.05) is 20.3 Å². The zero-order valence-electron chi connectivity index (χ0n) is 16.4. The van der Waals surface area contributed by atoms with Gasteiger partial charge in [0.1, 0.15) is 0 Å². The lowest BCUT2D eigenvalue weighted by molar-refractivity contribution is -0.140. The molecule has 5 heteroatoms. The molecule has 1 aliphatic heterocycles. The lowest BCUT2D eigenvalue weighted by Gasteiger charge is -2.45. The molecule has 0 unspecified atom stereocenters. The summed E-state index contributed by atoms with van der Waals surface area (Å²) in [6.07, 6.45) is 1.62. The molecule has 0 aliphatic carbocycles. The zero-order chi connectivity index (χ0) is 19.5. The van der Waals surface area contributed by atoms with Crippen molar-refractivity contribution in [3.8, 4) is 0 Å². The topological polar surface area (TPSA) is 55.8 Å². The van der Waals surface area contributed by atoms with Crippen LogP contribution in [0.15, 0.2) is 47.2 Å². The predicted octanol–water partition coefficient (Wildman–Crippen LogP) is 3.48. The second-order valence-electron chi connectivity index (χ2n) is 6.50. The molecule has 0 bridgehead atoms. The third-order valence-electron chi connectivity index (χ3n) is 4.98. The molecule has 1 aromatic rings. The van der Waals surface area contributed by atoms with Crippen LogP contribution in [0, 0.1) is 6.92 Å². The predicted molar refractivity (Wildman–Crippen MR) is 100 cm³/mol. The maximum atomic E-state index is 12.7. The number of likely N-dealkylation sites (N-methyl/N-ethyl adjacent to an activating group) is 1. The highest BCUT2D eigenvalue weighted by atomic mass is 16.5. The quantitative estimate of drug-likeness (QED) is 0.755. The molecule has 0 N–H and O–H groups in total. The van der Waals surface area contributed by atoms with Crippen molar-refractivity contribution in [1.82, 2.24) is 4.90 Å². The van der Waals surface area contributed by atoms with Gasteiger partial charge in [0.05, 0.1) is 29.9 Å². The van der Waals surface area contributed by atoms with Gasteiger partial charge in [-0.2, -0.15) is 0 Å². The number of aryl methyl sites for hydroxylation is 1. The van der Waals surface area contributed by atoms with Crippen LogP contribution in [-0.2, 0) is 24.6 Å². The summed E-state index contributed by atoms with van der Waals surface area (Å²) in [4.78, 5) is 27.0. The van der Waals surface area contributed by atoms with Gasteiger partial charge in [-0.3, -0.25) is 0 Å². The fourth-order valence-corrected chi connectivity index (χ4v) is 3.20. The normalized spacial score (nSPS) is 19.9. The van der Waals surface area contributed by atoms with E-state index >= 15 is 0 Å². The van der Waals surface area contributed by atoms with Gasteiger partial charge in [0, 0.05) is 12.7 Å². The molecule has 0 fully saturated rings. The van der Waals surface area contributed by atoms with Crippen LogP contribution in [0.1, 0.15) is 38.8 Å². The summed E-state index contributed by atoms with van der Waals surface area (Å²) in [7, 11) is 1.88. The molecule has 5 nitrogen and oxygen atoms in total. The second-order valence-corrected chi connectivity index (χ2v) is 6.50. The monoisotopic (exact) mass is 357 g/mol. The smallest absolute Gasteiger partial charge is 0.339 e. The van der Waals surface area contributed by atoms with Crippen LogP contribution >= 0.6 is 0 Å². The number of nitrogens with zero attached hydrogens (tertiary/aromatic N) is 1. The summed E-state index contributed by atoms with van der Waals surface area (Å²) in [5.74, 6) is -0.874. The average Bonchev–Trinajstić information content (AvgIpc) is 2.60. The minimum Gasteiger partial charge on any atom is -0.463 e. The van der Waals surface area contributed by atoms with Crippen LogP contribution in [-0.4, -0.2) is 37.1 Å². The van der Waals surface area contributed by atoms with Gasteiger partial charge in [-0.25, -0.2) is 9.59 Å². The summed E-state index contributed by atoms with van der Waals surface area (Å²) < 4.78 is 10.4. The van der Waals surface area contributed by atoms with Crippen molar-refractivity contribution in [1.29, 1.82) is 0 Å². The van der Waals surface area contributed by atoms with Gasteiger partial charge < -0.3 is 14.4 Å². The molecule has 1 aromatic carbocycles. The maximum absolute atomic E-state index is 12.7. The van der Waals surface area contributed by atoms with E-state index in [9.17, 15) is 9.59 Å². The summed E-state index contributed by atoms with van der Waals surface area (Å²) >= 11 is 0. The summed E-state index contributed by atoms with van der Waals surface area (Å²) in [6.45, 7) is 9.90. The summed E-state index contributed by atoms with van der Waals surface area (Å²) in [5, 5.41) is 0. The Labute approximate surface area is 155 Å². The van der Waals surface area contributed by atoms with Crippen molar-refractivity contribution in [3.63, 3.8) is 0 Å². The lowest BCUT2D eigenvalue weighted by atomic mass is 9.78. The van der Waals surface area contributed by atoms with E-state index in [1.165, 1.54) is 0 Å². The van der Waals surface area contributed by atoms with Gasteiger partial charge in [0.15, 0.2) is 0 Å². The Morgan fingerprint density at radius 3 is 2.08 bits per heavy atom. The van der Waals surface area contributed by atoms with E-state index in [2.05, 4.69) is 0 Å². The molecule has 0 amide bonds. The van der Waals surface area contributed by atoms with Crippen LogP contribution in [0.3, 0.4) is 0 Å². The first kappa shape index (κ1) is 19.8. The molecule has 0 aromatic heterocycles. The van der Waals surface area contributed by atoms with E-state index in [0.29, 0.717) is 11.1 Å². The van der Waals surface area contributed by atoms with Crippen LogP contribution < -0.4 is 0 Å². The molecular weight excluding hydrogens is 330 g/mol. The summed E-state index contributed by atoms with van der Waals surface area (Å²) in [5.41, 5.74) is 2.88. The number of carbonyl (C=O) groups is 2. The molecular formula is C21H27NO4. The number of benzene rings is 1. The Kier molecular flexibility index (Phi) is 5.90. The second kappa shape index (κ2) is 7.77. The minimum atomic E-state index is -0.750. The van der Waals surface area contributed by atoms with Gasteiger partial charge in [0.2, 0.25) is 0 Å². The van der Waals surface area contributed by atoms with E-state index in [0.717, 1.165) is 16.8 Å². The largest absolute Gasteiger partial charge is 0.463 e. The number of ether oxygens (including phenoxy) is 2. The first-order chi connectivity index (χ1) is 12.3. The van der Waals surface area contributed by atoms with Crippen LogP contribution in [0.4, 0.5) is 0 Å². The van der Waals surface area contributed by atoms with Crippen molar-refractivity contribution < 1.29 is 19.1 Å². The fraction of sp³-hybridized carbons (Fsp3) is 0.429. The zero-order valence-corrected chi connectivity index (χ0v) is 16.4. The molecule has 1 heterocycles. The van der Waals surface area contributed by atoms with E-state index < -0.39 is 17.5 Å². The number of hydrogen-bond acceptors (Lipinski definition) is 5. The molecule has 2 rings (SSSR count). The minimum absolute atomic E-state index is 0.265. The van der Waals surface area contributed by atoms with Crippen molar-refractivity contribution in [2.45, 2.75) is 40.2 Å². The number of hydrogen-bond donors (Lipinski definition) is 0. The lowest BCUT2D eigenvalue weighted by Crippen LogP contribution is -2.47.